The van der Waals surface area contributed by atoms with Crippen molar-refractivity contribution in [3.8, 4) is 0 Å². The summed E-state index contributed by atoms with van der Waals surface area (Å²) in [5.41, 5.74) is 0. The standard InChI is InChI=1S/C11H19F3N2O3/c1-4-8(3)16(6-9(17)18)10(19)15-7(2)5-11(12,13)14/h7-8H,4-6H2,1-3H3,(H,15,19)(H,17,18). The van der Waals surface area contributed by atoms with Gasteiger partial charge in [0, 0.05) is 12.1 Å². The summed E-state index contributed by atoms with van der Waals surface area (Å²) in [6.45, 7) is 4.07. The van der Waals surface area contributed by atoms with E-state index in [9.17, 15) is 22.8 Å². The van der Waals surface area contributed by atoms with Crippen molar-refractivity contribution in [2.75, 3.05) is 6.54 Å². The van der Waals surface area contributed by atoms with E-state index in [1.54, 1.807) is 13.8 Å². The molecule has 112 valence electrons. The highest BCUT2D eigenvalue weighted by atomic mass is 19.4. The SMILES string of the molecule is CCC(C)N(CC(=O)O)C(=O)NC(C)CC(F)(F)F. The second-order valence-electron chi connectivity index (χ2n) is 4.45. The number of carbonyl (C=O) groups is 2. The number of alkyl halides is 3. The van der Waals surface area contributed by atoms with Crippen molar-refractivity contribution in [2.45, 2.75) is 51.9 Å². The van der Waals surface area contributed by atoms with E-state index < -0.39 is 37.2 Å². The van der Waals surface area contributed by atoms with Gasteiger partial charge in [0.2, 0.25) is 0 Å². The minimum atomic E-state index is -4.37. The van der Waals surface area contributed by atoms with E-state index in [-0.39, 0.29) is 6.04 Å². The van der Waals surface area contributed by atoms with Crippen LogP contribution in [0.1, 0.15) is 33.6 Å². The van der Waals surface area contributed by atoms with Crippen molar-refractivity contribution in [3.63, 3.8) is 0 Å². The van der Waals surface area contributed by atoms with E-state index >= 15 is 0 Å². The highest BCUT2D eigenvalue weighted by Crippen LogP contribution is 2.21. The van der Waals surface area contributed by atoms with Gasteiger partial charge in [-0.1, -0.05) is 6.92 Å². The van der Waals surface area contributed by atoms with Crippen molar-refractivity contribution in [3.05, 3.63) is 0 Å². The third kappa shape index (κ3) is 7.53. The number of urea groups is 1. The highest BCUT2D eigenvalue weighted by Gasteiger charge is 2.31. The lowest BCUT2D eigenvalue weighted by Crippen LogP contribution is -2.50. The molecule has 0 radical (unpaired) electrons. The summed E-state index contributed by atoms with van der Waals surface area (Å²) >= 11 is 0. The molecule has 0 saturated heterocycles. The van der Waals surface area contributed by atoms with Crippen molar-refractivity contribution in [1.29, 1.82) is 0 Å². The van der Waals surface area contributed by atoms with Gasteiger partial charge < -0.3 is 15.3 Å². The van der Waals surface area contributed by atoms with E-state index in [1.165, 1.54) is 6.92 Å². The zero-order valence-electron chi connectivity index (χ0n) is 11.1. The van der Waals surface area contributed by atoms with Crippen LogP contribution in [0.5, 0.6) is 0 Å². The molecular formula is C11H19F3N2O3. The monoisotopic (exact) mass is 284 g/mol. The molecule has 8 heteroatoms. The lowest BCUT2D eigenvalue weighted by atomic mass is 10.2. The van der Waals surface area contributed by atoms with Crippen LogP contribution in [0.2, 0.25) is 0 Å². The Labute approximate surface area is 109 Å². The van der Waals surface area contributed by atoms with Gasteiger partial charge in [-0.3, -0.25) is 4.79 Å². The molecule has 0 bridgehead atoms. The topological polar surface area (TPSA) is 69.6 Å². The third-order valence-corrected chi connectivity index (χ3v) is 2.60. The number of hydrogen-bond acceptors (Lipinski definition) is 2. The van der Waals surface area contributed by atoms with Crippen molar-refractivity contribution < 1.29 is 27.9 Å². The molecule has 0 saturated carbocycles. The van der Waals surface area contributed by atoms with Gasteiger partial charge in [0.25, 0.3) is 0 Å². The fraction of sp³-hybridized carbons (Fsp3) is 0.818. The summed E-state index contributed by atoms with van der Waals surface area (Å²) in [4.78, 5) is 23.4. The Kier molecular flexibility index (Phi) is 6.64. The second kappa shape index (κ2) is 7.20. The van der Waals surface area contributed by atoms with Gasteiger partial charge in [-0.05, 0) is 20.3 Å². The largest absolute Gasteiger partial charge is 0.480 e. The van der Waals surface area contributed by atoms with Gasteiger partial charge in [-0.25, -0.2) is 4.79 Å². The molecule has 19 heavy (non-hydrogen) atoms. The number of carboxylic acids is 1. The molecule has 0 heterocycles. The molecule has 0 fully saturated rings. The number of hydrogen-bond donors (Lipinski definition) is 2. The first-order valence-corrected chi connectivity index (χ1v) is 5.92. The molecule has 0 aliphatic rings. The Morgan fingerprint density at radius 1 is 1.32 bits per heavy atom. The first-order valence-electron chi connectivity index (χ1n) is 5.92. The zero-order chi connectivity index (χ0) is 15.2. The van der Waals surface area contributed by atoms with Crippen molar-refractivity contribution in [2.24, 2.45) is 0 Å². The van der Waals surface area contributed by atoms with Crippen LogP contribution >= 0.6 is 0 Å². The summed E-state index contributed by atoms with van der Waals surface area (Å²) in [5, 5.41) is 10.9. The average molecular weight is 284 g/mol. The molecule has 0 spiro atoms. The number of aliphatic carboxylic acids is 1. The third-order valence-electron chi connectivity index (χ3n) is 2.60. The van der Waals surface area contributed by atoms with Crippen LogP contribution in [0, 0.1) is 0 Å². The Bertz CT molecular complexity index is 321. The average Bonchev–Trinajstić information content (AvgIpc) is 2.21. The summed E-state index contributed by atoms with van der Waals surface area (Å²) in [6, 6.07) is -2.27. The van der Waals surface area contributed by atoms with Gasteiger partial charge in [0.15, 0.2) is 0 Å². The molecule has 0 aromatic heterocycles. The quantitative estimate of drug-likeness (QED) is 0.785. The number of rotatable bonds is 6. The molecule has 0 aromatic carbocycles. The molecule has 2 amide bonds. The molecular weight excluding hydrogens is 265 g/mol. The Morgan fingerprint density at radius 2 is 1.84 bits per heavy atom. The van der Waals surface area contributed by atoms with E-state index in [2.05, 4.69) is 5.32 Å². The molecule has 2 N–H and O–H groups in total. The van der Waals surface area contributed by atoms with E-state index in [1.807, 2.05) is 0 Å². The summed E-state index contributed by atoms with van der Waals surface area (Å²) < 4.78 is 36.4. The Balaban J connectivity index is 4.59. The van der Waals surface area contributed by atoms with Crippen molar-refractivity contribution >= 4 is 12.0 Å². The summed E-state index contributed by atoms with van der Waals surface area (Å²) in [5.74, 6) is -1.21. The number of carboxylic acid groups (broad SMARTS) is 1. The maximum absolute atomic E-state index is 12.1. The van der Waals surface area contributed by atoms with Crippen LogP contribution in [0.25, 0.3) is 0 Å². The number of halogens is 3. The van der Waals surface area contributed by atoms with E-state index in [0.717, 1.165) is 4.90 Å². The maximum atomic E-state index is 12.1. The molecule has 0 aliphatic heterocycles. The molecule has 0 aromatic rings. The lowest BCUT2D eigenvalue weighted by Gasteiger charge is -2.28. The van der Waals surface area contributed by atoms with Crippen LogP contribution in [0.15, 0.2) is 0 Å². The van der Waals surface area contributed by atoms with Gasteiger partial charge in [-0.2, -0.15) is 13.2 Å². The minimum Gasteiger partial charge on any atom is -0.480 e. The van der Waals surface area contributed by atoms with Gasteiger partial charge in [-0.15, -0.1) is 0 Å². The first kappa shape index (κ1) is 17.5. The van der Waals surface area contributed by atoms with Gasteiger partial charge in [0.1, 0.15) is 6.54 Å². The van der Waals surface area contributed by atoms with Gasteiger partial charge >= 0.3 is 18.2 Å². The molecule has 2 unspecified atom stereocenters. The minimum absolute atomic E-state index is 0.366. The Morgan fingerprint density at radius 3 is 2.21 bits per heavy atom. The normalized spacial score (nSPS) is 14.6. The molecule has 0 aliphatic carbocycles. The first-order chi connectivity index (χ1) is 8.56. The predicted molar refractivity (Wildman–Crippen MR) is 62.8 cm³/mol. The van der Waals surface area contributed by atoms with Crippen LogP contribution in [0.4, 0.5) is 18.0 Å². The fourth-order valence-corrected chi connectivity index (χ4v) is 1.49. The second-order valence-corrected chi connectivity index (χ2v) is 4.45. The number of nitrogens with zero attached hydrogens (tertiary/aromatic N) is 1. The lowest BCUT2D eigenvalue weighted by molar-refractivity contribution is -0.140. The molecule has 2 atom stereocenters. The van der Waals surface area contributed by atoms with Crippen LogP contribution in [0.3, 0.4) is 0 Å². The number of amides is 2. The van der Waals surface area contributed by atoms with Crippen molar-refractivity contribution in [1.82, 2.24) is 10.2 Å². The maximum Gasteiger partial charge on any atom is 0.391 e. The smallest absolute Gasteiger partial charge is 0.391 e. The molecule has 5 nitrogen and oxygen atoms in total. The number of carbonyl (C=O) groups excluding carboxylic acids is 1. The van der Waals surface area contributed by atoms with Crippen LogP contribution in [-0.4, -0.2) is 46.8 Å². The fourth-order valence-electron chi connectivity index (χ4n) is 1.49. The molecule has 0 rings (SSSR count). The summed E-state index contributed by atoms with van der Waals surface area (Å²) in [7, 11) is 0. The van der Waals surface area contributed by atoms with E-state index in [4.69, 9.17) is 5.11 Å². The Hall–Kier alpha value is -1.47. The van der Waals surface area contributed by atoms with E-state index in [0.29, 0.717) is 6.42 Å². The number of nitrogens with one attached hydrogen (secondary N) is 1. The van der Waals surface area contributed by atoms with Crippen LogP contribution < -0.4 is 5.32 Å². The van der Waals surface area contributed by atoms with Crippen LogP contribution in [-0.2, 0) is 4.79 Å². The zero-order valence-corrected chi connectivity index (χ0v) is 11.1. The van der Waals surface area contributed by atoms with Gasteiger partial charge in [0.05, 0.1) is 6.42 Å². The highest BCUT2D eigenvalue weighted by molar-refractivity contribution is 5.80. The summed E-state index contributed by atoms with van der Waals surface area (Å²) in [6.07, 6.45) is -5.02. The predicted octanol–water partition coefficient (Wildman–Crippen LogP) is 2.22.